The van der Waals surface area contributed by atoms with Crippen LogP contribution >= 0.6 is 0 Å². The lowest BCUT2D eigenvalue weighted by atomic mass is 10.3. The Morgan fingerprint density at radius 3 is 2.80 bits per heavy atom. The largest absolute Gasteiger partial charge is 0.243 e. The average Bonchev–Trinajstić information content (AvgIpc) is 2.94. The zero-order chi connectivity index (χ0) is 14.4. The van der Waals surface area contributed by atoms with Crippen LogP contribution in [0.5, 0.6) is 0 Å². The molecule has 1 aromatic carbocycles. The number of aromatic nitrogens is 2. The second kappa shape index (κ2) is 4.50. The lowest BCUT2D eigenvalue weighted by Crippen LogP contribution is -2.35. The number of nitrogens with zero attached hydrogens (tertiary/aromatic N) is 2. The van der Waals surface area contributed by atoms with Crippen LogP contribution in [0.4, 0.5) is 0 Å². The smallest absolute Gasteiger partial charge is 0.243 e. The molecular formula is C10H11N3O5S2. The first-order valence-electron chi connectivity index (χ1n) is 5.81. The molecule has 0 radical (unpaired) electrons. The van der Waals surface area contributed by atoms with Crippen molar-refractivity contribution in [2.45, 2.75) is 17.4 Å². The van der Waals surface area contributed by atoms with Gasteiger partial charge in [0.1, 0.15) is 10.4 Å². The van der Waals surface area contributed by atoms with Gasteiger partial charge in [0.05, 0.1) is 11.5 Å². The monoisotopic (exact) mass is 317 g/mol. The molecular weight excluding hydrogens is 306 g/mol. The van der Waals surface area contributed by atoms with Crippen molar-refractivity contribution in [1.29, 1.82) is 0 Å². The van der Waals surface area contributed by atoms with E-state index in [1.54, 1.807) is 6.07 Å². The molecule has 0 spiro atoms. The predicted molar refractivity (Wildman–Crippen MR) is 69.2 cm³/mol. The van der Waals surface area contributed by atoms with Gasteiger partial charge in [-0.15, -0.1) is 0 Å². The van der Waals surface area contributed by atoms with Gasteiger partial charge in [-0.05, 0) is 28.9 Å². The van der Waals surface area contributed by atoms with Gasteiger partial charge in [-0.2, -0.15) is 0 Å². The van der Waals surface area contributed by atoms with E-state index >= 15 is 0 Å². The van der Waals surface area contributed by atoms with Crippen LogP contribution in [0.15, 0.2) is 27.7 Å². The van der Waals surface area contributed by atoms with Crippen LogP contribution in [0, 0.1) is 0 Å². The highest BCUT2D eigenvalue weighted by Crippen LogP contribution is 2.21. The molecule has 1 aliphatic heterocycles. The van der Waals surface area contributed by atoms with Gasteiger partial charge in [0.25, 0.3) is 0 Å². The van der Waals surface area contributed by atoms with Crippen molar-refractivity contribution < 1.29 is 21.5 Å². The topological polar surface area (TPSA) is 119 Å². The molecule has 0 bridgehead atoms. The van der Waals surface area contributed by atoms with Crippen LogP contribution in [0.2, 0.25) is 0 Å². The maximum absolute atomic E-state index is 12.3. The quantitative estimate of drug-likeness (QED) is 0.824. The van der Waals surface area contributed by atoms with E-state index in [0.717, 1.165) is 0 Å². The Morgan fingerprint density at radius 1 is 1.30 bits per heavy atom. The van der Waals surface area contributed by atoms with E-state index < -0.39 is 25.9 Å². The second-order valence-corrected chi connectivity index (χ2v) is 8.52. The summed E-state index contributed by atoms with van der Waals surface area (Å²) in [7, 11) is -7.02. The Bertz CT molecular complexity index is 856. The van der Waals surface area contributed by atoms with Crippen LogP contribution in [-0.2, 0) is 19.9 Å². The molecule has 1 aromatic heterocycles. The summed E-state index contributed by atoms with van der Waals surface area (Å²) in [4.78, 5) is -0.0689. The highest BCUT2D eigenvalue weighted by molar-refractivity contribution is 7.92. The Kier molecular flexibility index (Phi) is 3.03. The average molecular weight is 317 g/mol. The zero-order valence-electron chi connectivity index (χ0n) is 10.2. The summed E-state index contributed by atoms with van der Waals surface area (Å²) >= 11 is 0. The van der Waals surface area contributed by atoms with Crippen LogP contribution < -0.4 is 4.72 Å². The number of sulfone groups is 1. The van der Waals surface area contributed by atoms with Crippen LogP contribution in [0.25, 0.3) is 11.0 Å². The predicted octanol–water partition coefficient (Wildman–Crippen LogP) is -0.312. The summed E-state index contributed by atoms with van der Waals surface area (Å²) in [6.07, 6.45) is 0.272. The summed E-state index contributed by atoms with van der Waals surface area (Å²) in [6.45, 7) is 0. The molecule has 0 amide bonds. The Balaban J connectivity index is 1.95. The number of fused-ring (bicyclic) bond motifs is 1. The number of nitrogens with one attached hydrogen (secondary N) is 1. The van der Waals surface area contributed by atoms with E-state index in [1.165, 1.54) is 12.1 Å². The number of sulfonamides is 1. The van der Waals surface area contributed by atoms with Gasteiger partial charge in [0.2, 0.25) is 10.0 Å². The van der Waals surface area contributed by atoms with Gasteiger partial charge in [-0.25, -0.2) is 26.2 Å². The normalized spacial score (nSPS) is 22.3. The summed E-state index contributed by atoms with van der Waals surface area (Å²) < 4.78 is 54.2. The SMILES string of the molecule is O=S1(=O)CC[C@H](NS(=O)(=O)c2cccc3nonc23)C1. The summed E-state index contributed by atoms with van der Waals surface area (Å²) in [6, 6.07) is 3.86. The molecule has 2 aromatic rings. The molecule has 0 saturated carbocycles. The van der Waals surface area contributed by atoms with Crippen molar-refractivity contribution in [3.63, 3.8) is 0 Å². The molecule has 108 valence electrons. The third-order valence-electron chi connectivity index (χ3n) is 3.09. The fourth-order valence-electron chi connectivity index (χ4n) is 2.17. The molecule has 1 aliphatic rings. The van der Waals surface area contributed by atoms with E-state index in [-0.39, 0.29) is 28.3 Å². The van der Waals surface area contributed by atoms with Crippen molar-refractivity contribution in [2.75, 3.05) is 11.5 Å². The first-order valence-corrected chi connectivity index (χ1v) is 9.12. The first kappa shape index (κ1) is 13.5. The minimum Gasteiger partial charge on any atom is -0.243 e. The Labute approximate surface area is 115 Å². The molecule has 1 atom stereocenters. The number of benzene rings is 1. The van der Waals surface area contributed by atoms with Crippen molar-refractivity contribution in [1.82, 2.24) is 15.0 Å². The van der Waals surface area contributed by atoms with Crippen LogP contribution in [0.1, 0.15) is 6.42 Å². The van der Waals surface area contributed by atoms with Crippen molar-refractivity contribution >= 4 is 30.9 Å². The van der Waals surface area contributed by atoms with Crippen molar-refractivity contribution in [3.05, 3.63) is 18.2 Å². The maximum Gasteiger partial charge on any atom is 0.243 e. The Hall–Kier alpha value is -1.52. The fraction of sp³-hybridized carbons (Fsp3) is 0.400. The van der Waals surface area contributed by atoms with Gasteiger partial charge < -0.3 is 0 Å². The molecule has 1 saturated heterocycles. The first-order chi connectivity index (χ1) is 9.37. The number of hydrogen-bond donors (Lipinski definition) is 1. The minimum atomic E-state index is -3.87. The molecule has 10 heteroatoms. The van der Waals surface area contributed by atoms with Crippen molar-refractivity contribution in [2.24, 2.45) is 0 Å². The van der Waals surface area contributed by atoms with E-state index in [0.29, 0.717) is 5.52 Å². The number of hydrogen-bond acceptors (Lipinski definition) is 7. The fourth-order valence-corrected chi connectivity index (χ4v) is 5.37. The highest BCUT2D eigenvalue weighted by atomic mass is 32.2. The third-order valence-corrected chi connectivity index (χ3v) is 6.41. The summed E-state index contributed by atoms with van der Waals surface area (Å²) in [5.74, 6) is -0.185. The second-order valence-electron chi connectivity index (χ2n) is 4.61. The third kappa shape index (κ3) is 2.41. The number of rotatable bonds is 3. The van der Waals surface area contributed by atoms with E-state index in [4.69, 9.17) is 0 Å². The summed E-state index contributed by atoms with van der Waals surface area (Å²) in [5, 5.41) is 7.14. The molecule has 1 N–H and O–H groups in total. The lowest BCUT2D eigenvalue weighted by Gasteiger charge is -2.11. The molecule has 3 rings (SSSR count). The van der Waals surface area contributed by atoms with Gasteiger partial charge in [0, 0.05) is 6.04 Å². The minimum absolute atomic E-state index is 0.00406. The molecule has 1 fully saturated rings. The van der Waals surface area contributed by atoms with E-state index in [1.807, 2.05) is 0 Å². The lowest BCUT2D eigenvalue weighted by molar-refractivity contribution is 0.315. The molecule has 20 heavy (non-hydrogen) atoms. The summed E-state index contributed by atoms with van der Waals surface area (Å²) in [5.41, 5.74) is 0.452. The van der Waals surface area contributed by atoms with Gasteiger partial charge in [-0.1, -0.05) is 6.07 Å². The van der Waals surface area contributed by atoms with Gasteiger partial charge in [-0.3, -0.25) is 0 Å². The molecule has 2 heterocycles. The van der Waals surface area contributed by atoms with Gasteiger partial charge in [0.15, 0.2) is 15.4 Å². The molecule has 0 aliphatic carbocycles. The Morgan fingerprint density at radius 2 is 2.10 bits per heavy atom. The van der Waals surface area contributed by atoms with Crippen LogP contribution in [-0.4, -0.2) is 44.7 Å². The highest BCUT2D eigenvalue weighted by Gasteiger charge is 2.32. The van der Waals surface area contributed by atoms with Crippen LogP contribution in [0.3, 0.4) is 0 Å². The van der Waals surface area contributed by atoms with E-state index in [2.05, 4.69) is 19.7 Å². The van der Waals surface area contributed by atoms with E-state index in [9.17, 15) is 16.8 Å². The zero-order valence-corrected chi connectivity index (χ0v) is 11.8. The van der Waals surface area contributed by atoms with Gasteiger partial charge >= 0.3 is 0 Å². The maximum atomic E-state index is 12.3. The standard InChI is InChI=1S/C10H11N3O5S2/c14-19(15)5-4-7(6-19)13-20(16,17)9-3-1-2-8-10(9)12-18-11-8/h1-3,7,13H,4-6H2/t7-/m0/s1. The molecule has 8 nitrogen and oxygen atoms in total. The molecule has 0 unspecified atom stereocenters. The van der Waals surface area contributed by atoms with Crippen molar-refractivity contribution in [3.8, 4) is 0 Å².